The van der Waals surface area contributed by atoms with E-state index in [2.05, 4.69) is 9.88 Å². The number of rotatable bonds is 2. The molecular weight excluding hydrogens is 208 g/mol. The van der Waals surface area contributed by atoms with Gasteiger partial charge in [0.25, 0.3) is 0 Å². The smallest absolute Gasteiger partial charge is 0.185 e. The highest BCUT2D eigenvalue weighted by Crippen LogP contribution is 2.34. The van der Waals surface area contributed by atoms with Crippen molar-refractivity contribution in [1.82, 2.24) is 4.98 Å². The van der Waals surface area contributed by atoms with Gasteiger partial charge in [0.2, 0.25) is 0 Å². The third-order valence-corrected chi connectivity index (χ3v) is 4.25. The van der Waals surface area contributed by atoms with Crippen molar-refractivity contribution >= 4 is 16.5 Å². The van der Waals surface area contributed by atoms with Crippen molar-refractivity contribution in [3.05, 3.63) is 10.6 Å². The monoisotopic (exact) mass is 226 g/mol. The van der Waals surface area contributed by atoms with Gasteiger partial charge in [-0.3, -0.25) is 0 Å². The van der Waals surface area contributed by atoms with Crippen LogP contribution in [0.15, 0.2) is 0 Å². The molecule has 2 heterocycles. The second kappa shape index (κ2) is 3.76. The van der Waals surface area contributed by atoms with Gasteiger partial charge < -0.3 is 10.0 Å². The van der Waals surface area contributed by atoms with E-state index >= 15 is 0 Å². The minimum atomic E-state index is -0.764. The van der Waals surface area contributed by atoms with Crippen LogP contribution in [0.25, 0.3) is 0 Å². The average molecular weight is 226 g/mol. The molecule has 0 radical (unpaired) electrons. The molecule has 1 aliphatic heterocycles. The highest BCUT2D eigenvalue weighted by atomic mass is 32.1. The van der Waals surface area contributed by atoms with Gasteiger partial charge in [-0.25, -0.2) is 4.98 Å². The number of aromatic nitrogens is 1. The molecule has 0 unspecified atom stereocenters. The average Bonchev–Trinajstić information content (AvgIpc) is 2.68. The lowest BCUT2D eigenvalue weighted by molar-refractivity contribution is 0.0817. The zero-order valence-corrected chi connectivity index (χ0v) is 10.4. The molecule has 1 aliphatic rings. The van der Waals surface area contributed by atoms with Crippen molar-refractivity contribution in [2.45, 2.75) is 39.2 Å². The fraction of sp³-hybridized carbons (Fsp3) is 0.727. The highest BCUT2D eigenvalue weighted by molar-refractivity contribution is 7.15. The summed E-state index contributed by atoms with van der Waals surface area (Å²) < 4.78 is 0. The van der Waals surface area contributed by atoms with E-state index in [1.807, 2.05) is 20.8 Å². The minimum Gasteiger partial charge on any atom is -0.385 e. The molecule has 4 heteroatoms. The zero-order chi connectivity index (χ0) is 11.1. The Morgan fingerprint density at radius 3 is 2.40 bits per heavy atom. The van der Waals surface area contributed by atoms with E-state index in [9.17, 15) is 5.11 Å². The van der Waals surface area contributed by atoms with Crippen LogP contribution in [-0.2, 0) is 5.60 Å². The van der Waals surface area contributed by atoms with Crippen molar-refractivity contribution in [1.29, 1.82) is 0 Å². The summed E-state index contributed by atoms with van der Waals surface area (Å²) in [5.41, 5.74) is 0.203. The van der Waals surface area contributed by atoms with E-state index in [-0.39, 0.29) is 0 Å². The van der Waals surface area contributed by atoms with Crippen LogP contribution < -0.4 is 4.90 Å². The molecule has 84 valence electrons. The highest BCUT2D eigenvalue weighted by Gasteiger charge is 2.25. The van der Waals surface area contributed by atoms with Crippen LogP contribution >= 0.6 is 11.3 Å². The van der Waals surface area contributed by atoms with Crippen molar-refractivity contribution in [3.63, 3.8) is 0 Å². The maximum atomic E-state index is 9.98. The zero-order valence-electron chi connectivity index (χ0n) is 9.58. The first-order chi connectivity index (χ1) is 6.98. The number of hydrogen-bond donors (Lipinski definition) is 1. The molecule has 2 rings (SSSR count). The molecule has 3 nitrogen and oxygen atoms in total. The molecule has 0 aromatic carbocycles. The molecule has 0 bridgehead atoms. The first-order valence-electron chi connectivity index (χ1n) is 5.44. The topological polar surface area (TPSA) is 36.4 Å². The standard InChI is InChI=1S/C11H18N2OS/c1-8-9(11(2,3)14)15-10(12-8)13-6-4-5-7-13/h14H,4-7H2,1-3H3. The summed E-state index contributed by atoms with van der Waals surface area (Å²) in [7, 11) is 0. The summed E-state index contributed by atoms with van der Waals surface area (Å²) in [5, 5.41) is 11.0. The van der Waals surface area contributed by atoms with Gasteiger partial charge in [-0.1, -0.05) is 11.3 Å². The molecule has 15 heavy (non-hydrogen) atoms. The van der Waals surface area contributed by atoms with Gasteiger partial charge in [0.1, 0.15) is 0 Å². The van der Waals surface area contributed by atoms with E-state index in [1.54, 1.807) is 11.3 Å². The molecule has 0 atom stereocenters. The summed E-state index contributed by atoms with van der Waals surface area (Å²) >= 11 is 1.63. The van der Waals surface area contributed by atoms with E-state index in [1.165, 1.54) is 12.8 Å². The predicted octanol–water partition coefficient (Wildman–Crippen LogP) is 2.28. The number of hydrogen-bond acceptors (Lipinski definition) is 4. The molecule has 0 amide bonds. The number of aryl methyl sites for hydroxylation is 1. The van der Waals surface area contributed by atoms with Gasteiger partial charge in [-0.15, -0.1) is 0 Å². The number of thiazole rings is 1. The van der Waals surface area contributed by atoms with Crippen LogP contribution in [0, 0.1) is 6.92 Å². The minimum absolute atomic E-state index is 0.764. The van der Waals surface area contributed by atoms with Crippen LogP contribution in [0.3, 0.4) is 0 Å². The maximum absolute atomic E-state index is 9.98. The first-order valence-corrected chi connectivity index (χ1v) is 6.25. The molecule has 1 N–H and O–H groups in total. The predicted molar refractivity (Wildman–Crippen MR) is 63.5 cm³/mol. The maximum Gasteiger partial charge on any atom is 0.185 e. The molecule has 1 saturated heterocycles. The Balaban J connectivity index is 2.28. The van der Waals surface area contributed by atoms with E-state index in [0.29, 0.717) is 0 Å². The number of aliphatic hydroxyl groups is 1. The first kappa shape index (κ1) is 10.9. The van der Waals surface area contributed by atoms with Gasteiger partial charge in [-0.05, 0) is 33.6 Å². The third-order valence-electron chi connectivity index (χ3n) is 2.72. The Kier molecular flexibility index (Phi) is 2.73. The lowest BCUT2D eigenvalue weighted by atomic mass is 10.1. The van der Waals surface area contributed by atoms with Crippen LogP contribution in [0.5, 0.6) is 0 Å². The van der Waals surface area contributed by atoms with Crippen LogP contribution in [0.2, 0.25) is 0 Å². The summed E-state index contributed by atoms with van der Waals surface area (Å²) in [5.74, 6) is 0. The summed E-state index contributed by atoms with van der Waals surface area (Å²) in [6.45, 7) is 7.84. The molecule has 1 aromatic heterocycles. The Hall–Kier alpha value is -0.610. The lowest BCUT2D eigenvalue weighted by Crippen LogP contribution is -2.17. The summed E-state index contributed by atoms with van der Waals surface area (Å²) in [6, 6.07) is 0. The Bertz CT molecular complexity index is 348. The fourth-order valence-electron chi connectivity index (χ4n) is 1.99. The van der Waals surface area contributed by atoms with E-state index in [0.717, 1.165) is 28.8 Å². The Morgan fingerprint density at radius 2 is 1.93 bits per heavy atom. The second-order valence-corrected chi connectivity index (χ2v) is 5.64. The van der Waals surface area contributed by atoms with E-state index < -0.39 is 5.60 Å². The Labute approximate surface area is 94.8 Å². The number of anilines is 1. The van der Waals surface area contributed by atoms with Crippen molar-refractivity contribution < 1.29 is 5.11 Å². The molecule has 1 aromatic rings. The quantitative estimate of drug-likeness (QED) is 0.840. The molecule has 1 fully saturated rings. The van der Waals surface area contributed by atoms with Gasteiger partial charge >= 0.3 is 0 Å². The van der Waals surface area contributed by atoms with Crippen LogP contribution in [-0.4, -0.2) is 23.2 Å². The van der Waals surface area contributed by atoms with Crippen LogP contribution in [0.1, 0.15) is 37.3 Å². The fourth-order valence-corrected chi connectivity index (χ4v) is 3.11. The SMILES string of the molecule is Cc1nc(N2CCCC2)sc1C(C)(C)O. The van der Waals surface area contributed by atoms with Crippen molar-refractivity contribution in [2.24, 2.45) is 0 Å². The Morgan fingerprint density at radius 1 is 1.33 bits per heavy atom. The molecule has 0 aliphatic carbocycles. The number of nitrogens with zero attached hydrogens (tertiary/aromatic N) is 2. The normalized spacial score (nSPS) is 17.5. The van der Waals surface area contributed by atoms with Crippen molar-refractivity contribution in [2.75, 3.05) is 18.0 Å². The largest absolute Gasteiger partial charge is 0.385 e. The molecule has 0 saturated carbocycles. The van der Waals surface area contributed by atoms with E-state index in [4.69, 9.17) is 0 Å². The van der Waals surface area contributed by atoms with Gasteiger partial charge in [0, 0.05) is 13.1 Å². The van der Waals surface area contributed by atoms with Crippen molar-refractivity contribution in [3.8, 4) is 0 Å². The lowest BCUT2D eigenvalue weighted by Gasteiger charge is -2.15. The van der Waals surface area contributed by atoms with Gasteiger partial charge in [0.05, 0.1) is 16.2 Å². The molecular formula is C11H18N2OS. The second-order valence-electron chi connectivity index (χ2n) is 4.66. The van der Waals surface area contributed by atoms with Gasteiger partial charge in [-0.2, -0.15) is 0 Å². The molecule has 0 spiro atoms. The summed E-state index contributed by atoms with van der Waals surface area (Å²) in [4.78, 5) is 7.85. The summed E-state index contributed by atoms with van der Waals surface area (Å²) in [6.07, 6.45) is 2.52. The third kappa shape index (κ3) is 2.16. The van der Waals surface area contributed by atoms with Gasteiger partial charge in [0.15, 0.2) is 5.13 Å². The van der Waals surface area contributed by atoms with Crippen LogP contribution in [0.4, 0.5) is 5.13 Å².